The summed E-state index contributed by atoms with van der Waals surface area (Å²) in [6.07, 6.45) is -0.449. The zero-order chi connectivity index (χ0) is 23.7. The monoisotopic (exact) mass is 452 g/mol. The number of carbonyl (C=O) groups is 2. The molecule has 0 spiro atoms. The molecule has 0 aromatic heterocycles. The number of amides is 1. The number of hydrogen-bond acceptors (Lipinski definition) is 5. The molecule has 1 aliphatic carbocycles. The Bertz CT molecular complexity index is 1250. The summed E-state index contributed by atoms with van der Waals surface area (Å²) < 4.78 is 10.8. The van der Waals surface area contributed by atoms with Crippen LogP contribution in [0.15, 0.2) is 72.8 Å². The van der Waals surface area contributed by atoms with Gasteiger partial charge < -0.3 is 14.4 Å². The third-order valence-electron chi connectivity index (χ3n) is 6.86. The second-order valence-corrected chi connectivity index (χ2v) is 8.68. The van der Waals surface area contributed by atoms with E-state index < -0.39 is 12.0 Å². The molecule has 1 heterocycles. The summed E-state index contributed by atoms with van der Waals surface area (Å²) in [7, 11) is 1.35. The van der Waals surface area contributed by atoms with Crippen LogP contribution in [0.3, 0.4) is 0 Å². The van der Waals surface area contributed by atoms with Crippen molar-refractivity contribution in [2.75, 3.05) is 26.8 Å². The summed E-state index contributed by atoms with van der Waals surface area (Å²) in [6.45, 7) is 0.761. The number of methoxy groups -OCH3 is 1. The molecule has 1 fully saturated rings. The van der Waals surface area contributed by atoms with Crippen molar-refractivity contribution >= 4 is 12.1 Å². The van der Waals surface area contributed by atoms with Crippen LogP contribution in [-0.2, 0) is 14.3 Å². The van der Waals surface area contributed by atoms with Crippen LogP contribution in [-0.4, -0.2) is 43.8 Å². The molecule has 6 heteroatoms. The normalized spacial score (nSPS) is 18.6. The Morgan fingerprint density at radius 2 is 1.65 bits per heavy atom. The number of nitriles is 1. The van der Waals surface area contributed by atoms with E-state index in [2.05, 4.69) is 30.3 Å². The molecule has 0 radical (unpaired) electrons. The Balaban J connectivity index is 1.33. The van der Waals surface area contributed by atoms with E-state index in [0.29, 0.717) is 12.1 Å². The molecule has 0 bridgehead atoms. The molecule has 3 aromatic carbocycles. The topological polar surface area (TPSA) is 79.6 Å². The first-order chi connectivity index (χ1) is 16.6. The molecule has 1 aliphatic heterocycles. The minimum atomic E-state index is -0.514. The summed E-state index contributed by atoms with van der Waals surface area (Å²) in [5.41, 5.74) is 5.99. The van der Waals surface area contributed by atoms with Crippen LogP contribution in [0.5, 0.6) is 0 Å². The average molecular weight is 453 g/mol. The Morgan fingerprint density at radius 1 is 0.971 bits per heavy atom. The molecule has 1 amide bonds. The average Bonchev–Trinajstić information content (AvgIpc) is 3.47. The second-order valence-electron chi connectivity index (χ2n) is 8.68. The van der Waals surface area contributed by atoms with Gasteiger partial charge in [-0.2, -0.15) is 5.26 Å². The molecule has 0 N–H and O–H groups in total. The molecule has 34 heavy (non-hydrogen) atoms. The lowest BCUT2D eigenvalue weighted by molar-refractivity contribution is -0.145. The van der Waals surface area contributed by atoms with Crippen molar-refractivity contribution in [1.82, 2.24) is 4.90 Å². The molecule has 2 unspecified atom stereocenters. The molecule has 5 rings (SSSR count). The van der Waals surface area contributed by atoms with Crippen LogP contribution in [0.25, 0.3) is 11.1 Å². The Morgan fingerprint density at radius 3 is 2.29 bits per heavy atom. The van der Waals surface area contributed by atoms with E-state index in [-0.39, 0.29) is 31.0 Å². The molecular weight excluding hydrogens is 428 g/mol. The van der Waals surface area contributed by atoms with E-state index in [1.165, 1.54) is 18.2 Å². The number of benzene rings is 3. The standard InChI is InChI=1S/C28H24N2O4/c1-33-27(31)25-16-30(15-24(25)19-8-6-7-18(13-19)14-29)28(32)34-17-26-22-11-4-2-9-20(22)21-10-3-5-12-23(21)26/h2-13,24-26H,15-17H2,1H3. The number of hydrogen-bond donors (Lipinski definition) is 0. The summed E-state index contributed by atoms with van der Waals surface area (Å²) in [6, 6.07) is 25.7. The summed E-state index contributed by atoms with van der Waals surface area (Å²) >= 11 is 0. The molecule has 1 saturated heterocycles. The summed E-state index contributed by atoms with van der Waals surface area (Å²) in [4.78, 5) is 27.1. The lowest BCUT2D eigenvalue weighted by Gasteiger charge is -2.19. The van der Waals surface area contributed by atoms with Gasteiger partial charge >= 0.3 is 12.1 Å². The van der Waals surface area contributed by atoms with Crippen molar-refractivity contribution in [3.63, 3.8) is 0 Å². The number of rotatable bonds is 4. The number of fused-ring (bicyclic) bond motifs is 3. The molecule has 3 aromatic rings. The van der Waals surface area contributed by atoms with E-state index in [4.69, 9.17) is 9.47 Å². The van der Waals surface area contributed by atoms with E-state index in [0.717, 1.165) is 16.7 Å². The highest BCUT2D eigenvalue weighted by atomic mass is 16.6. The van der Waals surface area contributed by atoms with Crippen LogP contribution in [0.1, 0.15) is 34.1 Å². The number of carbonyl (C=O) groups excluding carboxylic acids is 2. The van der Waals surface area contributed by atoms with Gasteiger partial charge in [0.05, 0.1) is 24.7 Å². The largest absolute Gasteiger partial charge is 0.469 e. The van der Waals surface area contributed by atoms with E-state index in [9.17, 15) is 14.9 Å². The van der Waals surface area contributed by atoms with Crippen molar-refractivity contribution in [3.05, 3.63) is 95.1 Å². The molecular formula is C28H24N2O4. The minimum Gasteiger partial charge on any atom is -0.469 e. The maximum atomic E-state index is 13.1. The minimum absolute atomic E-state index is 0.0292. The molecule has 0 saturated carbocycles. The Kier molecular flexibility index (Phi) is 5.77. The van der Waals surface area contributed by atoms with E-state index in [1.807, 2.05) is 30.3 Å². The highest BCUT2D eigenvalue weighted by Gasteiger charge is 2.42. The summed E-state index contributed by atoms with van der Waals surface area (Å²) in [5, 5.41) is 9.25. The van der Waals surface area contributed by atoms with E-state index in [1.54, 1.807) is 23.1 Å². The van der Waals surface area contributed by atoms with Gasteiger partial charge in [0.2, 0.25) is 0 Å². The predicted octanol–water partition coefficient (Wildman–Crippen LogP) is 4.70. The molecule has 170 valence electrons. The number of nitrogens with zero attached hydrogens (tertiary/aromatic N) is 2. The summed E-state index contributed by atoms with van der Waals surface area (Å²) in [5.74, 6) is -1.18. The fourth-order valence-corrected chi connectivity index (χ4v) is 5.21. The van der Waals surface area contributed by atoms with Gasteiger partial charge in [0.15, 0.2) is 0 Å². The third-order valence-corrected chi connectivity index (χ3v) is 6.86. The van der Waals surface area contributed by atoms with Gasteiger partial charge in [-0.15, -0.1) is 0 Å². The molecule has 2 aliphatic rings. The SMILES string of the molecule is COC(=O)C1CN(C(=O)OCC2c3ccccc3-c3ccccc32)CC1c1cccc(C#N)c1. The van der Waals surface area contributed by atoms with Gasteiger partial charge in [0.1, 0.15) is 6.61 Å². The second kappa shape index (κ2) is 9.03. The van der Waals surface area contributed by atoms with Crippen LogP contribution < -0.4 is 0 Å². The Hall–Kier alpha value is -4.11. The van der Waals surface area contributed by atoms with Gasteiger partial charge in [-0.05, 0) is 39.9 Å². The highest BCUT2D eigenvalue weighted by Crippen LogP contribution is 2.44. The van der Waals surface area contributed by atoms with Gasteiger partial charge in [0, 0.05) is 24.9 Å². The highest BCUT2D eigenvalue weighted by molar-refractivity contribution is 5.79. The van der Waals surface area contributed by atoms with Crippen LogP contribution in [0.4, 0.5) is 4.79 Å². The van der Waals surface area contributed by atoms with Gasteiger partial charge in [-0.25, -0.2) is 4.79 Å². The lowest BCUT2D eigenvalue weighted by Crippen LogP contribution is -2.31. The first-order valence-corrected chi connectivity index (χ1v) is 11.3. The maximum Gasteiger partial charge on any atom is 0.409 e. The van der Waals surface area contributed by atoms with Crippen LogP contribution in [0.2, 0.25) is 0 Å². The fourth-order valence-electron chi connectivity index (χ4n) is 5.21. The maximum absolute atomic E-state index is 13.1. The molecule has 6 nitrogen and oxygen atoms in total. The fraction of sp³-hybridized carbons (Fsp3) is 0.250. The number of ether oxygens (including phenoxy) is 2. The molecule has 2 atom stereocenters. The van der Waals surface area contributed by atoms with Gasteiger partial charge in [-0.1, -0.05) is 60.7 Å². The first-order valence-electron chi connectivity index (χ1n) is 11.3. The Labute approximate surface area is 198 Å². The van der Waals surface area contributed by atoms with Crippen molar-refractivity contribution < 1.29 is 19.1 Å². The van der Waals surface area contributed by atoms with E-state index >= 15 is 0 Å². The van der Waals surface area contributed by atoms with Crippen LogP contribution in [0, 0.1) is 17.2 Å². The van der Waals surface area contributed by atoms with Crippen LogP contribution >= 0.6 is 0 Å². The quantitative estimate of drug-likeness (QED) is 0.537. The zero-order valence-electron chi connectivity index (χ0n) is 18.8. The third kappa shape index (κ3) is 3.80. The number of likely N-dealkylation sites (tertiary alicyclic amines) is 1. The number of esters is 1. The van der Waals surface area contributed by atoms with Gasteiger partial charge in [-0.3, -0.25) is 4.79 Å². The van der Waals surface area contributed by atoms with Crippen molar-refractivity contribution in [2.24, 2.45) is 5.92 Å². The predicted molar refractivity (Wildman–Crippen MR) is 126 cm³/mol. The van der Waals surface area contributed by atoms with Gasteiger partial charge in [0.25, 0.3) is 0 Å². The van der Waals surface area contributed by atoms with Crippen molar-refractivity contribution in [3.8, 4) is 17.2 Å². The smallest absolute Gasteiger partial charge is 0.409 e. The van der Waals surface area contributed by atoms with Crippen molar-refractivity contribution in [2.45, 2.75) is 11.8 Å². The lowest BCUT2D eigenvalue weighted by atomic mass is 9.88. The zero-order valence-corrected chi connectivity index (χ0v) is 18.8. The first kappa shape index (κ1) is 21.7. The van der Waals surface area contributed by atoms with Crippen molar-refractivity contribution in [1.29, 1.82) is 5.26 Å².